The lowest BCUT2D eigenvalue weighted by Gasteiger charge is -2.10. The fraction of sp³-hybridized carbons (Fsp3) is 0.222. The predicted molar refractivity (Wildman–Crippen MR) is 101 cm³/mol. The fourth-order valence-corrected chi connectivity index (χ4v) is 3.53. The van der Waals surface area contributed by atoms with Crippen molar-refractivity contribution in [2.24, 2.45) is 0 Å². The molecular formula is C18H18ClNO7S. The molecule has 0 fully saturated rings. The maximum atomic E-state index is 12.2. The number of halogens is 1. The molecule has 0 amide bonds. The minimum atomic E-state index is -3.87. The van der Waals surface area contributed by atoms with Gasteiger partial charge in [-0.2, -0.15) is 0 Å². The summed E-state index contributed by atoms with van der Waals surface area (Å²) in [6.07, 6.45) is 0. The fourth-order valence-electron chi connectivity index (χ4n) is 2.17. The SMILES string of the molecule is CCOC(=O)c1ccc(OCCNS(=O)(=O)c2ccc(C(=O)O)c(Cl)c2)cc1. The standard InChI is InChI=1S/C18H18ClNO7S/c1-2-26-18(23)12-3-5-13(6-4-12)27-10-9-20-28(24,25)14-7-8-15(17(21)22)16(19)11-14/h3-8,11,20H,2,9-10H2,1H3,(H,21,22). The lowest BCUT2D eigenvalue weighted by atomic mass is 10.2. The van der Waals surface area contributed by atoms with E-state index >= 15 is 0 Å². The van der Waals surface area contributed by atoms with E-state index in [9.17, 15) is 18.0 Å². The summed E-state index contributed by atoms with van der Waals surface area (Å²) in [6, 6.07) is 9.60. The van der Waals surface area contributed by atoms with Gasteiger partial charge < -0.3 is 14.6 Å². The van der Waals surface area contributed by atoms with E-state index in [4.69, 9.17) is 26.2 Å². The van der Waals surface area contributed by atoms with Crippen molar-refractivity contribution in [3.05, 3.63) is 58.6 Å². The smallest absolute Gasteiger partial charge is 0.338 e. The molecule has 8 nitrogen and oxygen atoms in total. The van der Waals surface area contributed by atoms with Crippen molar-refractivity contribution in [3.8, 4) is 5.75 Å². The zero-order chi connectivity index (χ0) is 20.7. The van der Waals surface area contributed by atoms with Gasteiger partial charge in [0.1, 0.15) is 12.4 Å². The Morgan fingerprint density at radius 1 is 1.14 bits per heavy atom. The lowest BCUT2D eigenvalue weighted by Crippen LogP contribution is -2.28. The van der Waals surface area contributed by atoms with Crippen molar-refractivity contribution in [2.75, 3.05) is 19.8 Å². The van der Waals surface area contributed by atoms with Gasteiger partial charge in [-0.05, 0) is 49.4 Å². The number of carboxylic acid groups (broad SMARTS) is 1. The summed E-state index contributed by atoms with van der Waals surface area (Å²) in [5.74, 6) is -1.22. The number of hydrogen-bond donors (Lipinski definition) is 2. The highest BCUT2D eigenvalue weighted by Gasteiger charge is 2.17. The van der Waals surface area contributed by atoms with Crippen LogP contribution in [0.25, 0.3) is 0 Å². The first kappa shape index (κ1) is 21.7. The first-order chi connectivity index (χ1) is 13.2. The Labute approximate surface area is 167 Å². The van der Waals surface area contributed by atoms with E-state index in [0.717, 1.165) is 18.2 Å². The van der Waals surface area contributed by atoms with E-state index in [-0.39, 0.29) is 35.2 Å². The summed E-state index contributed by atoms with van der Waals surface area (Å²) in [7, 11) is -3.87. The average molecular weight is 428 g/mol. The summed E-state index contributed by atoms with van der Waals surface area (Å²) < 4.78 is 37.1. The molecule has 0 atom stereocenters. The molecule has 0 heterocycles. The molecule has 0 aliphatic carbocycles. The van der Waals surface area contributed by atoms with Crippen LogP contribution in [0.2, 0.25) is 5.02 Å². The van der Waals surface area contributed by atoms with Crippen LogP contribution >= 0.6 is 11.6 Å². The van der Waals surface area contributed by atoms with Crippen LogP contribution in [0.3, 0.4) is 0 Å². The van der Waals surface area contributed by atoms with E-state index in [1.54, 1.807) is 31.2 Å². The maximum absolute atomic E-state index is 12.2. The second kappa shape index (κ2) is 9.54. The third kappa shape index (κ3) is 5.69. The van der Waals surface area contributed by atoms with Gasteiger partial charge in [0, 0.05) is 6.54 Å². The van der Waals surface area contributed by atoms with Gasteiger partial charge in [0.2, 0.25) is 10.0 Å². The number of aromatic carboxylic acids is 1. The number of benzene rings is 2. The molecule has 2 N–H and O–H groups in total. The van der Waals surface area contributed by atoms with Crippen molar-refractivity contribution in [3.63, 3.8) is 0 Å². The molecule has 0 spiro atoms. The zero-order valence-electron chi connectivity index (χ0n) is 14.8. The van der Waals surface area contributed by atoms with Crippen LogP contribution in [0, 0.1) is 0 Å². The van der Waals surface area contributed by atoms with Crippen LogP contribution in [0.5, 0.6) is 5.75 Å². The number of sulfonamides is 1. The molecule has 0 bridgehead atoms. The van der Waals surface area contributed by atoms with Gasteiger partial charge >= 0.3 is 11.9 Å². The molecule has 10 heteroatoms. The van der Waals surface area contributed by atoms with Gasteiger partial charge in [-0.25, -0.2) is 22.7 Å². The Balaban J connectivity index is 1.89. The summed E-state index contributed by atoms with van der Waals surface area (Å²) in [5.41, 5.74) is 0.201. The molecule has 150 valence electrons. The molecule has 0 unspecified atom stereocenters. The van der Waals surface area contributed by atoms with Crippen molar-refractivity contribution in [2.45, 2.75) is 11.8 Å². The third-order valence-electron chi connectivity index (χ3n) is 3.51. The molecule has 28 heavy (non-hydrogen) atoms. The van der Waals surface area contributed by atoms with E-state index in [0.29, 0.717) is 11.3 Å². The molecule has 2 aromatic carbocycles. The van der Waals surface area contributed by atoms with Crippen molar-refractivity contribution < 1.29 is 32.6 Å². The number of carboxylic acids is 1. The minimum absolute atomic E-state index is 0.0275. The Kier molecular flexibility index (Phi) is 7.38. The summed E-state index contributed by atoms with van der Waals surface area (Å²) in [5, 5.41) is 8.75. The number of carbonyl (C=O) groups excluding carboxylic acids is 1. The molecule has 2 rings (SSSR count). The second-order valence-electron chi connectivity index (χ2n) is 5.44. The molecule has 0 saturated heterocycles. The van der Waals surface area contributed by atoms with Crippen LogP contribution in [-0.4, -0.2) is 45.2 Å². The summed E-state index contributed by atoms with van der Waals surface area (Å²) in [4.78, 5) is 22.3. The highest BCUT2D eigenvalue weighted by atomic mass is 35.5. The van der Waals surface area contributed by atoms with Crippen molar-refractivity contribution in [1.82, 2.24) is 4.72 Å². The number of nitrogens with one attached hydrogen (secondary N) is 1. The van der Waals surface area contributed by atoms with Gasteiger partial charge in [0.05, 0.1) is 27.7 Å². The quantitative estimate of drug-likeness (QED) is 0.466. The van der Waals surface area contributed by atoms with Crippen LogP contribution in [0.1, 0.15) is 27.6 Å². The Hall–Kier alpha value is -2.62. The monoisotopic (exact) mass is 427 g/mol. The van der Waals surface area contributed by atoms with Crippen LogP contribution in [0.4, 0.5) is 0 Å². The second-order valence-corrected chi connectivity index (χ2v) is 7.61. The van der Waals surface area contributed by atoms with Gasteiger partial charge in [0.15, 0.2) is 0 Å². The van der Waals surface area contributed by atoms with Gasteiger partial charge in [-0.3, -0.25) is 0 Å². The zero-order valence-corrected chi connectivity index (χ0v) is 16.4. The molecular weight excluding hydrogens is 410 g/mol. The average Bonchev–Trinajstić information content (AvgIpc) is 2.65. The highest BCUT2D eigenvalue weighted by Crippen LogP contribution is 2.21. The molecule has 0 saturated carbocycles. The Bertz CT molecular complexity index is 958. The molecule has 0 aromatic heterocycles. The largest absolute Gasteiger partial charge is 0.492 e. The van der Waals surface area contributed by atoms with Gasteiger partial charge in [-0.1, -0.05) is 11.6 Å². The highest BCUT2D eigenvalue weighted by molar-refractivity contribution is 7.89. The summed E-state index contributed by atoms with van der Waals surface area (Å²) in [6.45, 7) is 2.01. The van der Waals surface area contributed by atoms with E-state index < -0.39 is 22.0 Å². The van der Waals surface area contributed by atoms with Crippen LogP contribution in [-0.2, 0) is 14.8 Å². The van der Waals surface area contributed by atoms with Crippen LogP contribution in [0.15, 0.2) is 47.4 Å². The number of hydrogen-bond acceptors (Lipinski definition) is 6. The first-order valence-electron chi connectivity index (χ1n) is 8.17. The topological polar surface area (TPSA) is 119 Å². The lowest BCUT2D eigenvalue weighted by molar-refractivity contribution is 0.0525. The van der Waals surface area contributed by atoms with E-state index in [1.165, 1.54) is 0 Å². The number of carbonyl (C=O) groups is 2. The Morgan fingerprint density at radius 2 is 1.82 bits per heavy atom. The first-order valence-corrected chi connectivity index (χ1v) is 10.0. The van der Waals surface area contributed by atoms with Crippen molar-refractivity contribution in [1.29, 1.82) is 0 Å². The number of rotatable bonds is 9. The number of ether oxygens (including phenoxy) is 2. The maximum Gasteiger partial charge on any atom is 0.338 e. The van der Waals surface area contributed by atoms with Crippen molar-refractivity contribution >= 4 is 33.6 Å². The molecule has 0 radical (unpaired) electrons. The summed E-state index contributed by atoms with van der Waals surface area (Å²) >= 11 is 5.80. The van der Waals surface area contributed by atoms with Gasteiger partial charge in [0.25, 0.3) is 0 Å². The van der Waals surface area contributed by atoms with E-state index in [1.807, 2.05) is 0 Å². The minimum Gasteiger partial charge on any atom is -0.492 e. The third-order valence-corrected chi connectivity index (χ3v) is 5.28. The normalized spacial score (nSPS) is 11.1. The molecule has 0 aliphatic rings. The van der Waals surface area contributed by atoms with Gasteiger partial charge in [-0.15, -0.1) is 0 Å². The Morgan fingerprint density at radius 3 is 2.39 bits per heavy atom. The molecule has 0 aliphatic heterocycles. The van der Waals surface area contributed by atoms with Crippen LogP contribution < -0.4 is 9.46 Å². The molecule has 2 aromatic rings. The number of esters is 1. The van der Waals surface area contributed by atoms with E-state index in [2.05, 4.69) is 4.72 Å². The predicted octanol–water partition coefficient (Wildman–Crippen LogP) is 2.57.